The number of benzene rings is 1. The van der Waals surface area contributed by atoms with Crippen LogP contribution in [0, 0.1) is 10.1 Å². The van der Waals surface area contributed by atoms with Crippen LogP contribution < -0.4 is 0 Å². The van der Waals surface area contributed by atoms with E-state index >= 15 is 0 Å². The lowest BCUT2D eigenvalue weighted by atomic mass is 10.1. The molecule has 0 bridgehead atoms. The third-order valence-corrected chi connectivity index (χ3v) is 1.95. The molecule has 15 heavy (non-hydrogen) atoms. The Morgan fingerprint density at radius 3 is 2.27 bits per heavy atom. The van der Waals surface area contributed by atoms with Crippen LogP contribution in [-0.4, -0.2) is 16.7 Å². The van der Waals surface area contributed by atoms with Gasteiger partial charge < -0.3 is 0 Å². The van der Waals surface area contributed by atoms with E-state index in [2.05, 4.69) is 4.99 Å². The highest BCUT2D eigenvalue weighted by atomic mass is 16.6. The van der Waals surface area contributed by atoms with Gasteiger partial charge in [-0.25, -0.2) is 0 Å². The molecule has 0 fully saturated rings. The molecule has 0 aromatic heterocycles. The Balaban J connectivity index is 2.94. The molecule has 0 radical (unpaired) electrons. The van der Waals surface area contributed by atoms with E-state index in [1.165, 1.54) is 12.1 Å². The van der Waals surface area contributed by atoms with Crippen molar-refractivity contribution in [1.82, 2.24) is 0 Å². The molecule has 0 aliphatic heterocycles. The number of hydrogen-bond donors (Lipinski definition) is 0. The van der Waals surface area contributed by atoms with E-state index in [9.17, 15) is 10.1 Å². The van der Waals surface area contributed by atoms with E-state index in [0.717, 1.165) is 11.3 Å². The summed E-state index contributed by atoms with van der Waals surface area (Å²) in [6.45, 7) is 5.89. The first kappa shape index (κ1) is 11.4. The first-order valence-corrected chi connectivity index (χ1v) is 4.80. The second kappa shape index (κ2) is 4.68. The van der Waals surface area contributed by atoms with Gasteiger partial charge in [0, 0.05) is 23.9 Å². The summed E-state index contributed by atoms with van der Waals surface area (Å²) in [7, 11) is 0. The van der Waals surface area contributed by atoms with Crippen LogP contribution in [-0.2, 0) is 0 Å². The van der Waals surface area contributed by atoms with Crippen molar-refractivity contribution < 1.29 is 4.92 Å². The van der Waals surface area contributed by atoms with E-state index in [1.54, 1.807) is 12.1 Å². The number of rotatable bonds is 3. The van der Waals surface area contributed by atoms with Gasteiger partial charge in [-0.15, -0.1) is 0 Å². The van der Waals surface area contributed by atoms with Crippen molar-refractivity contribution in [1.29, 1.82) is 0 Å². The zero-order chi connectivity index (χ0) is 11.4. The maximum absolute atomic E-state index is 10.4. The second-order valence-corrected chi connectivity index (χ2v) is 3.61. The van der Waals surface area contributed by atoms with E-state index in [1.807, 2.05) is 20.8 Å². The first-order valence-electron chi connectivity index (χ1n) is 4.80. The summed E-state index contributed by atoms with van der Waals surface area (Å²) >= 11 is 0. The van der Waals surface area contributed by atoms with Crippen molar-refractivity contribution in [2.45, 2.75) is 26.8 Å². The van der Waals surface area contributed by atoms with Crippen molar-refractivity contribution >= 4 is 11.4 Å². The second-order valence-electron chi connectivity index (χ2n) is 3.61. The minimum atomic E-state index is -0.404. The summed E-state index contributed by atoms with van der Waals surface area (Å²) < 4.78 is 0. The molecule has 0 heterocycles. The maximum Gasteiger partial charge on any atom is 0.269 e. The van der Waals surface area contributed by atoms with Gasteiger partial charge in [0.25, 0.3) is 5.69 Å². The largest absolute Gasteiger partial charge is 0.287 e. The van der Waals surface area contributed by atoms with Crippen molar-refractivity contribution in [3.63, 3.8) is 0 Å². The third kappa shape index (κ3) is 3.16. The molecule has 0 unspecified atom stereocenters. The van der Waals surface area contributed by atoms with E-state index in [-0.39, 0.29) is 11.7 Å². The van der Waals surface area contributed by atoms with Gasteiger partial charge in [-0.2, -0.15) is 0 Å². The highest BCUT2D eigenvalue weighted by Crippen LogP contribution is 2.12. The molecule has 1 aromatic rings. The number of hydrogen-bond acceptors (Lipinski definition) is 3. The van der Waals surface area contributed by atoms with Gasteiger partial charge >= 0.3 is 0 Å². The molecule has 4 heteroatoms. The molecule has 0 spiro atoms. The molecule has 0 aliphatic carbocycles. The Kier molecular flexibility index (Phi) is 3.55. The lowest BCUT2D eigenvalue weighted by Crippen LogP contribution is -2.00. The molecular weight excluding hydrogens is 192 g/mol. The smallest absolute Gasteiger partial charge is 0.269 e. The van der Waals surface area contributed by atoms with Crippen molar-refractivity contribution in [2.75, 3.05) is 0 Å². The first-order chi connectivity index (χ1) is 7.00. The average molecular weight is 206 g/mol. The molecule has 0 aliphatic rings. The van der Waals surface area contributed by atoms with Gasteiger partial charge in [0.1, 0.15) is 0 Å². The molecule has 1 aromatic carbocycles. The van der Waals surface area contributed by atoms with Crippen molar-refractivity contribution in [3.05, 3.63) is 39.9 Å². The summed E-state index contributed by atoms with van der Waals surface area (Å²) in [5, 5.41) is 10.4. The van der Waals surface area contributed by atoms with Gasteiger partial charge in [-0.1, -0.05) is 0 Å². The Hall–Kier alpha value is -1.71. The maximum atomic E-state index is 10.4. The van der Waals surface area contributed by atoms with Crippen molar-refractivity contribution in [3.8, 4) is 0 Å². The SMILES string of the molecule is CC(=NC(C)C)c1ccc([N+](=O)[O-])cc1. The lowest BCUT2D eigenvalue weighted by Gasteiger charge is -2.02. The number of aliphatic imine (C=N–C) groups is 1. The average Bonchev–Trinajstić information content (AvgIpc) is 2.17. The standard InChI is InChI=1S/C11H14N2O2/c1-8(2)12-9(3)10-4-6-11(7-5-10)13(14)15/h4-8H,1-3H3. The van der Waals surface area contributed by atoms with Gasteiger partial charge in [-0.05, 0) is 38.5 Å². The molecule has 0 N–H and O–H groups in total. The van der Waals surface area contributed by atoms with E-state index in [4.69, 9.17) is 0 Å². The Bertz CT molecular complexity index is 380. The van der Waals surface area contributed by atoms with Crippen LogP contribution >= 0.6 is 0 Å². The van der Waals surface area contributed by atoms with Crippen LogP contribution in [0.25, 0.3) is 0 Å². The molecule has 0 saturated carbocycles. The lowest BCUT2D eigenvalue weighted by molar-refractivity contribution is -0.384. The normalized spacial score (nSPS) is 11.9. The predicted octanol–water partition coefficient (Wildman–Crippen LogP) is 2.81. The van der Waals surface area contributed by atoms with E-state index < -0.39 is 4.92 Å². The Morgan fingerprint density at radius 2 is 1.87 bits per heavy atom. The number of non-ortho nitro benzene ring substituents is 1. The highest BCUT2D eigenvalue weighted by Gasteiger charge is 2.05. The van der Waals surface area contributed by atoms with Crippen LogP contribution in [0.1, 0.15) is 26.3 Å². The van der Waals surface area contributed by atoms with Crippen LogP contribution in [0.15, 0.2) is 29.3 Å². The minimum absolute atomic E-state index is 0.107. The number of nitro benzene ring substituents is 1. The molecule has 0 atom stereocenters. The molecule has 0 amide bonds. The fourth-order valence-corrected chi connectivity index (χ4v) is 1.29. The number of nitro groups is 1. The number of nitrogens with zero attached hydrogens (tertiary/aromatic N) is 2. The van der Waals surface area contributed by atoms with Gasteiger partial charge in [0.2, 0.25) is 0 Å². The molecule has 4 nitrogen and oxygen atoms in total. The van der Waals surface area contributed by atoms with Gasteiger partial charge in [0.05, 0.1) is 4.92 Å². The fourth-order valence-electron chi connectivity index (χ4n) is 1.29. The molecular formula is C11H14N2O2. The summed E-state index contributed by atoms with van der Waals surface area (Å²) in [5.41, 5.74) is 1.94. The van der Waals surface area contributed by atoms with Crippen LogP contribution in [0.4, 0.5) is 5.69 Å². The quantitative estimate of drug-likeness (QED) is 0.433. The third-order valence-electron chi connectivity index (χ3n) is 1.95. The van der Waals surface area contributed by atoms with Crippen LogP contribution in [0.2, 0.25) is 0 Å². The highest BCUT2D eigenvalue weighted by molar-refractivity contribution is 5.98. The molecule has 0 saturated heterocycles. The zero-order valence-corrected chi connectivity index (χ0v) is 9.10. The summed E-state index contributed by atoms with van der Waals surface area (Å²) in [6, 6.07) is 6.67. The summed E-state index contributed by atoms with van der Waals surface area (Å²) in [4.78, 5) is 14.4. The molecule has 80 valence electrons. The van der Waals surface area contributed by atoms with Gasteiger partial charge in [0.15, 0.2) is 0 Å². The summed E-state index contributed by atoms with van der Waals surface area (Å²) in [5.74, 6) is 0. The predicted molar refractivity (Wildman–Crippen MR) is 60.4 cm³/mol. The van der Waals surface area contributed by atoms with E-state index in [0.29, 0.717) is 0 Å². The summed E-state index contributed by atoms with van der Waals surface area (Å²) in [6.07, 6.45) is 0. The zero-order valence-electron chi connectivity index (χ0n) is 9.10. The molecule has 1 rings (SSSR count). The minimum Gasteiger partial charge on any atom is -0.287 e. The monoisotopic (exact) mass is 206 g/mol. The van der Waals surface area contributed by atoms with Gasteiger partial charge in [-0.3, -0.25) is 15.1 Å². The topological polar surface area (TPSA) is 55.5 Å². The van der Waals surface area contributed by atoms with Crippen LogP contribution in [0.5, 0.6) is 0 Å². The van der Waals surface area contributed by atoms with Crippen LogP contribution in [0.3, 0.4) is 0 Å². The Morgan fingerprint density at radius 1 is 1.33 bits per heavy atom. The van der Waals surface area contributed by atoms with Crippen molar-refractivity contribution in [2.24, 2.45) is 4.99 Å². The Labute approximate surface area is 88.8 Å². The fraction of sp³-hybridized carbons (Fsp3) is 0.364.